The molecule has 0 saturated carbocycles. The van der Waals surface area contributed by atoms with Crippen molar-refractivity contribution >= 4 is 15.9 Å². The van der Waals surface area contributed by atoms with E-state index in [1.54, 1.807) is 0 Å². The lowest BCUT2D eigenvalue weighted by molar-refractivity contribution is 0.0620. The van der Waals surface area contributed by atoms with Crippen molar-refractivity contribution in [3.63, 3.8) is 0 Å². The van der Waals surface area contributed by atoms with Crippen molar-refractivity contribution in [2.75, 3.05) is 20.7 Å². The molecule has 1 rings (SSSR count). The number of primary sulfonamides is 1. The van der Waals surface area contributed by atoms with E-state index in [0.29, 0.717) is 0 Å². The third-order valence-corrected chi connectivity index (χ3v) is 3.67. The van der Waals surface area contributed by atoms with Gasteiger partial charge < -0.3 is 9.64 Å². The lowest BCUT2D eigenvalue weighted by Crippen LogP contribution is -2.31. The highest BCUT2D eigenvalue weighted by Gasteiger charge is 2.20. The number of hydrogen-bond donors (Lipinski definition) is 1. The van der Waals surface area contributed by atoms with Gasteiger partial charge in [-0.05, 0) is 17.7 Å². The van der Waals surface area contributed by atoms with E-state index in [1.807, 2.05) is 0 Å². The zero-order valence-corrected chi connectivity index (χ0v) is 12.4. The van der Waals surface area contributed by atoms with E-state index < -0.39 is 28.9 Å². The second-order valence-corrected chi connectivity index (χ2v) is 5.91. The maximum absolute atomic E-state index is 12.3. The molecule has 2 N–H and O–H groups in total. The van der Waals surface area contributed by atoms with Gasteiger partial charge in [0.2, 0.25) is 10.0 Å². The molecule has 6 nitrogen and oxygen atoms in total. The number of sulfonamides is 1. The van der Waals surface area contributed by atoms with Crippen LogP contribution in [-0.4, -0.2) is 46.4 Å². The van der Waals surface area contributed by atoms with E-state index in [-0.39, 0.29) is 22.6 Å². The Morgan fingerprint density at radius 3 is 2.52 bits per heavy atom. The molecule has 9 heteroatoms. The minimum Gasteiger partial charge on any atom is -0.380 e. The largest absolute Gasteiger partial charge is 0.380 e. The molecule has 0 unspecified atom stereocenters. The number of nitrogens with two attached hydrogens (primary N) is 1. The molecule has 0 aliphatic rings. The van der Waals surface area contributed by atoms with Gasteiger partial charge in [-0.3, -0.25) is 4.79 Å². The molecule has 0 saturated heterocycles. The average Bonchev–Trinajstić information content (AvgIpc) is 2.36. The van der Waals surface area contributed by atoms with Gasteiger partial charge in [-0.25, -0.2) is 22.3 Å². The first-order valence-corrected chi connectivity index (χ1v) is 7.39. The van der Waals surface area contributed by atoms with Gasteiger partial charge in [0.05, 0.1) is 18.0 Å². The van der Waals surface area contributed by atoms with Crippen molar-refractivity contribution in [1.82, 2.24) is 4.90 Å². The Hall–Kier alpha value is -1.58. The average molecular weight is 322 g/mol. The van der Waals surface area contributed by atoms with Gasteiger partial charge in [0, 0.05) is 19.7 Å². The quantitative estimate of drug-likeness (QED) is 0.839. The lowest BCUT2D eigenvalue weighted by Gasteiger charge is -2.17. The van der Waals surface area contributed by atoms with Crippen LogP contribution in [0.15, 0.2) is 23.1 Å². The van der Waals surface area contributed by atoms with Crippen LogP contribution >= 0.6 is 0 Å². The Kier molecular flexibility index (Phi) is 5.76. The number of ether oxygens (including phenoxy) is 1. The summed E-state index contributed by atoms with van der Waals surface area (Å²) in [6.07, 6.45) is -2.68. The molecule has 0 bridgehead atoms. The predicted octanol–water partition coefficient (Wildman–Crippen LogP) is 0.818. The first-order chi connectivity index (χ1) is 9.66. The van der Waals surface area contributed by atoms with E-state index in [4.69, 9.17) is 9.88 Å². The number of nitrogens with zero attached hydrogens (tertiary/aromatic N) is 1. The molecule has 0 atom stereocenters. The van der Waals surface area contributed by atoms with Gasteiger partial charge in [-0.2, -0.15) is 0 Å². The van der Waals surface area contributed by atoms with Gasteiger partial charge in [-0.15, -0.1) is 0 Å². The number of hydrogen-bond acceptors (Lipinski definition) is 4. The van der Waals surface area contributed by atoms with Crippen LogP contribution in [0.2, 0.25) is 0 Å². The van der Waals surface area contributed by atoms with Crippen LogP contribution in [0.4, 0.5) is 8.78 Å². The van der Waals surface area contributed by atoms with Gasteiger partial charge in [0.25, 0.3) is 12.3 Å². The molecule has 1 aromatic rings. The molecule has 0 aliphatic carbocycles. The Morgan fingerprint density at radius 1 is 1.43 bits per heavy atom. The molecule has 1 amide bonds. The second kappa shape index (κ2) is 6.92. The fraction of sp³-hybridized carbons (Fsp3) is 0.417. The molecule has 0 heterocycles. The maximum atomic E-state index is 12.3. The van der Waals surface area contributed by atoms with Crippen molar-refractivity contribution in [2.24, 2.45) is 5.14 Å². The SMILES string of the molecule is COCc1ccc(C(=O)N(C)CC(F)F)cc1S(N)(=O)=O. The molecule has 0 radical (unpaired) electrons. The molecule has 0 aromatic heterocycles. The number of alkyl halides is 2. The summed E-state index contributed by atoms with van der Waals surface area (Å²) >= 11 is 0. The smallest absolute Gasteiger partial charge is 0.255 e. The van der Waals surface area contributed by atoms with E-state index in [9.17, 15) is 22.0 Å². The lowest BCUT2D eigenvalue weighted by atomic mass is 10.1. The number of benzene rings is 1. The molecular weight excluding hydrogens is 306 g/mol. The summed E-state index contributed by atoms with van der Waals surface area (Å²) in [6.45, 7) is -0.754. The molecule has 118 valence electrons. The number of rotatable bonds is 6. The fourth-order valence-electron chi connectivity index (χ4n) is 1.74. The van der Waals surface area contributed by atoms with Crippen molar-refractivity contribution in [1.29, 1.82) is 0 Å². The summed E-state index contributed by atoms with van der Waals surface area (Å²) in [5, 5.41) is 5.09. The van der Waals surface area contributed by atoms with Crippen LogP contribution in [0.1, 0.15) is 15.9 Å². The highest BCUT2D eigenvalue weighted by atomic mass is 32.2. The van der Waals surface area contributed by atoms with Gasteiger partial charge in [0.1, 0.15) is 0 Å². The zero-order valence-electron chi connectivity index (χ0n) is 11.5. The van der Waals surface area contributed by atoms with E-state index in [0.717, 1.165) is 11.0 Å². The highest BCUT2D eigenvalue weighted by molar-refractivity contribution is 7.89. The van der Waals surface area contributed by atoms with Crippen LogP contribution in [-0.2, 0) is 21.4 Å². The topological polar surface area (TPSA) is 89.7 Å². The molecule has 0 aliphatic heterocycles. The van der Waals surface area contributed by atoms with Crippen LogP contribution in [0.3, 0.4) is 0 Å². The monoisotopic (exact) mass is 322 g/mol. The third-order valence-electron chi connectivity index (χ3n) is 2.68. The maximum Gasteiger partial charge on any atom is 0.255 e. The van der Waals surface area contributed by atoms with E-state index >= 15 is 0 Å². The number of methoxy groups -OCH3 is 1. The third kappa shape index (κ3) is 4.73. The van der Waals surface area contributed by atoms with Gasteiger partial charge in [0.15, 0.2) is 0 Å². The highest BCUT2D eigenvalue weighted by Crippen LogP contribution is 2.18. The standard InChI is InChI=1S/C12H16F2N2O4S/c1-16(6-11(13)14)12(17)8-3-4-9(7-20-2)10(5-8)21(15,18)19/h3-5,11H,6-7H2,1-2H3,(H2,15,18,19). The molecule has 0 spiro atoms. The minimum absolute atomic E-state index is 0.00684. The molecular formula is C12H16F2N2O4S. The van der Waals surface area contributed by atoms with Crippen molar-refractivity contribution in [3.05, 3.63) is 29.3 Å². The summed E-state index contributed by atoms with van der Waals surface area (Å²) in [6, 6.07) is 3.77. The first-order valence-electron chi connectivity index (χ1n) is 5.85. The molecule has 21 heavy (non-hydrogen) atoms. The Labute approximate surface area is 121 Å². The van der Waals surface area contributed by atoms with Gasteiger partial charge >= 0.3 is 0 Å². The number of carbonyl (C=O) groups excluding carboxylic acids is 1. The van der Waals surface area contributed by atoms with Crippen molar-refractivity contribution in [3.8, 4) is 0 Å². The van der Waals surface area contributed by atoms with Gasteiger partial charge in [-0.1, -0.05) is 6.07 Å². The summed E-state index contributed by atoms with van der Waals surface area (Å²) in [7, 11) is -1.48. The minimum atomic E-state index is -4.06. The number of halogens is 2. The summed E-state index contributed by atoms with van der Waals surface area (Å²) < 4.78 is 52.4. The van der Waals surface area contributed by atoms with E-state index in [2.05, 4.69) is 0 Å². The van der Waals surface area contributed by atoms with Crippen LogP contribution in [0.5, 0.6) is 0 Å². The van der Waals surface area contributed by atoms with Crippen molar-refractivity contribution < 1.29 is 26.7 Å². The fourth-order valence-corrected chi connectivity index (χ4v) is 2.52. The summed E-state index contributed by atoms with van der Waals surface area (Å²) in [4.78, 5) is 12.5. The zero-order chi connectivity index (χ0) is 16.2. The summed E-state index contributed by atoms with van der Waals surface area (Å²) in [5.74, 6) is -0.718. The van der Waals surface area contributed by atoms with Crippen LogP contribution in [0, 0.1) is 0 Å². The van der Waals surface area contributed by atoms with Crippen molar-refractivity contribution in [2.45, 2.75) is 17.9 Å². The van der Waals surface area contributed by atoms with Crippen LogP contribution in [0.25, 0.3) is 0 Å². The van der Waals surface area contributed by atoms with Crippen LogP contribution < -0.4 is 5.14 Å². The molecule has 0 fully saturated rings. The molecule has 1 aromatic carbocycles. The Morgan fingerprint density at radius 2 is 2.05 bits per heavy atom. The Balaban J connectivity index is 3.19. The summed E-state index contributed by atoms with van der Waals surface area (Å²) in [5.41, 5.74) is 0.245. The predicted molar refractivity (Wildman–Crippen MR) is 71.5 cm³/mol. The number of amides is 1. The normalized spacial score (nSPS) is 11.7. The Bertz CT molecular complexity index is 620. The van der Waals surface area contributed by atoms with E-state index in [1.165, 1.54) is 26.3 Å². The first kappa shape index (κ1) is 17.5. The number of carbonyl (C=O) groups is 1. The second-order valence-electron chi connectivity index (χ2n) is 4.38.